The second-order valence-electron chi connectivity index (χ2n) is 4.15. The molecule has 2 fully saturated rings. The van der Waals surface area contributed by atoms with Gasteiger partial charge in [0.15, 0.2) is 0 Å². The topological polar surface area (TPSA) is 6.48 Å². The fraction of sp³-hybridized carbons (Fsp3) is 1.00. The molecule has 2 aliphatic rings. The van der Waals surface area contributed by atoms with Crippen LogP contribution in [-0.2, 0) is 0 Å². The van der Waals surface area contributed by atoms with Gasteiger partial charge in [0, 0.05) is 24.5 Å². The van der Waals surface area contributed by atoms with E-state index in [1.165, 1.54) is 38.4 Å². The van der Waals surface area contributed by atoms with E-state index in [2.05, 4.69) is 23.1 Å². The third kappa shape index (κ3) is 1.28. The molecule has 0 N–H and O–H groups in total. The highest BCUT2D eigenvalue weighted by Gasteiger charge is 2.47. The zero-order chi connectivity index (χ0) is 8.60. The Morgan fingerprint density at radius 2 is 2.17 bits per heavy atom. The molecule has 2 nitrogen and oxygen atoms in total. The first-order valence-corrected chi connectivity index (χ1v) is 6.09. The molecule has 0 aliphatic carbocycles. The van der Waals surface area contributed by atoms with Crippen molar-refractivity contribution in [2.45, 2.75) is 18.4 Å². The van der Waals surface area contributed by atoms with Crippen LogP contribution in [0.2, 0.25) is 0 Å². The molecule has 0 amide bonds. The van der Waals surface area contributed by atoms with Gasteiger partial charge in [-0.05, 0) is 32.7 Å². The summed E-state index contributed by atoms with van der Waals surface area (Å²) in [5.41, 5.74) is 0.593. The van der Waals surface area contributed by atoms with Crippen molar-refractivity contribution < 1.29 is 0 Å². The van der Waals surface area contributed by atoms with Crippen molar-refractivity contribution in [3.63, 3.8) is 0 Å². The van der Waals surface area contributed by atoms with Crippen LogP contribution in [0.3, 0.4) is 0 Å². The minimum absolute atomic E-state index is 0.593. The van der Waals surface area contributed by atoms with Gasteiger partial charge in [-0.1, -0.05) is 0 Å². The van der Waals surface area contributed by atoms with Crippen LogP contribution >= 0.6 is 11.8 Å². The number of nitrogens with zero attached hydrogens (tertiary/aromatic N) is 2. The van der Waals surface area contributed by atoms with Crippen LogP contribution < -0.4 is 0 Å². The van der Waals surface area contributed by atoms with Gasteiger partial charge in [-0.2, -0.15) is 0 Å². The number of hydrogen-bond donors (Lipinski definition) is 0. The van der Waals surface area contributed by atoms with Gasteiger partial charge in [0.2, 0.25) is 0 Å². The molecule has 0 unspecified atom stereocenters. The van der Waals surface area contributed by atoms with Crippen LogP contribution in [0.15, 0.2) is 0 Å². The molecule has 2 aliphatic heterocycles. The van der Waals surface area contributed by atoms with Crippen molar-refractivity contribution in [2.24, 2.45) is 0 Å². The van der Waals surface area contributed by atoms with Gasteiger partial charge in [-0.3, -0.25) is 9.80 Å². The highest BCUT2D eigenvalue weighted by Crippen LogP contribution is 2.36. The fourth-order valence-electron chi connectivity index (χ4n) is 2.53. The third-order valence-corrected chi connectivity index (χ3v) is 3.92. The summed E-state index contributed by atoms with van der Waals surface area (Å²) in [4.78, 5) is 5.11. The second kappa shape index (κ2) is 3.20. The average molecular weight is 186 g/mol. The van der Waals surface area contributed by atoms with Crippen LogP contribution in [-0.4, -0.2) is 54.2 Å². The lowest BCUT2D eigenvalue weighted by Gasteiger charge is -2.51. The Morgan fingerprint density at radius 1 is 1.42 bits per heavy atom. The lowest BCUT2D eigenvalue weighted by atomic mass is 9.88. The van der Waals surface area contributed by atoms with E-state index in [1.54, 1.807) is 0 Å². The minimum atomic E-state index is 0.593. The molecular weight excluding hydrogens is 168 g/mol. The van der Waals surface area contributed by atoms with Crippen molar-refractivity contribution in [3.05, 3.63) is 0 Å². The number of likely N-dealkylation sites (tertiary alicyclic amines) is 2. The van der Waals surface area contributed by atoms with Gasteiger partial charge in [0.05, 0.1) is 0 Å². The Morgan fingerprint density at radius 3 is 2.67 bits per heavy atom. The molecule has 0 radical (unpaired) electrons. The highest BCUT2D eigenvalue weighted by atomic mass is 32.2. The third-order valence-electron chi connectivity index (χ3n) is 3.29. The van der Waals surface area contributed by atoms with Crippen molar-refractivity contribution in [1.29, 1.82) is 0 Å². The maximum absolute atomic E-state index is 2.56. The van der Waals surface area contributed by atoms with Gasteiger partial charge in [0.25, 0.3) is 0 Å². The maximum atomic E-state index is 2.56. The largest absolute Gasteiger partial charge is 0.298 e. The Balaban J connectivity index is 1.85. The quantitative estimate of drug-likeness (QED) is 0.637. The predicted octanol–water partition coefficient (Wildman–Crippen LogP) is 1.09. The summed E-state index contributed by atoms with van der Waals surface area (Å²) in [6, 6.07) is 0. The summed E-state index contributed by atoms with van der Waals surface area (Å²) in [7, 11) is 2.28. The highest BCUT2D eigenvalue weighted by molar-refractivity contribution is 7.98. The first kappa shape index (κ1) is 8.85. The first-order valence-electron chi connectivity index (χ1n) is 4.69. The molecule has 0 aromatic heterocycles. The average Bonchev–Trinajstić information content (AvgIpc) is 2.32. The molecule has 0 aromatic carbocycles. The van der Waals surface area contributed by atoms with Crippen LogP contribution in [0, 0.1) is 0 Å². The Kier molecular flexibility index (Phi) is 2.36. The molecule has 0 aromatic rings. The normalized spacial score (nSPS) is 29.5. The van der Waals surface area contributed by atoms with E-state index < -0.39 is 0 Å². The maximum Gasteiger partial charge on any atom is 0.0461 e. The van der Waals surface area contributed by atoms with Crippen LogP contribution in [0.4, 0.5) is 0 Å². The monoisotopic (exact) mass is 186 g/mol. The van der Waals surface area contributed by atoms with E-state index in [1.807, 2.05) is 11.8 Å². The molecule has 12 heavy (non-hydrogen) atoms. The van der Waals surface area contributed by atoms with Crippen molar-refractivity contribution in [1.82, 2.24) is 9.80 Å². The molecular formula is C9H18N2S. The van der Waals surface area contributed by atoms with Gasteiger partial charge >= 0.3 is 0 Å². The van der Waals surface area contributed by atoms with E-state index in [9.17, 15) is 0 Å². The molecule has 2 heterocycles. The van der Waals surface area contributed by atoms with Crippen LogP contribution in [0.1, 0.15) is 12.8 Å². The fourth-order valence-corrected chi connectivity index (χ4v) is 3.08. The number of likely N-dealkylation sites (N-methyl/N-ethyl adjacent to an activating group) is 1. The summed E-state index contributed by atoms with van der Waals surface area (Å²) in [6.07, 6.45) is 5.02. The van der Waals surface area contributed by atoms with Crippen LogP contribution in [0.25, 0.3) is 0 Å². The van der Waals surface area contributed by atoms with E-state index in [0.717, 1.165) is 0 Å². The summed E-state index contributed by atoms with van der Waals surface area (Å²) >= 11 is 1.94. The van der Waals surface area contributed by atoms with Crippen molar-refractivity contribution >= 4 is 11.8 Å². The molecule has 0 saturated carbocycles. The molecule has 70 valence electrons. The first-order chi connectivity index (χ1) is 5.77. The Bertz CT molecular complexity index is 166. The Hall–Kier alpha value is 0.270. The molecule has 3 heteroatoms. The molecule has 1 spiro atoms. The SMILES string of the molecule is CSCN1CC2(CCCN2C)C1. The zero-order valence-corrected chi connectivity index (χ0v) is 8.86. The molecule has 0 atom stereocenters. The summed E-state index contributed by atoms with van der Waals surface area (Å²) in [6.45, 7) is 3.93. The smallest absolute Gasteiger partial charge is 0.0461 e. The summed E-state index contributed by atoms with van der Waals surface area (Å²) < 4.78 is 0. The lowest BCUT2D eigenvalue weighted by Crippen LogP contribution is -2.66. The Labute approximate surface area is 79.3 Å². The molecule has 0 bridgehead atoms. The van der Waals surface area contributed by atoms with Gasteiger partial charge in [-0.25, -0.2) is 0 Å². The number of rotatable bonds is 2. The van der Waals surface area contributed by atoms with E-state index in [-0.39, 0.29) is 0 Å². The van der Waals surface area contributed by atoms with Crippen molar-refractivity contribution in [3.8, 4) is 0 Å². The zero-order valence-electron chi connectivity index (χ0n) is 8.05. The van der Waals surface area contributed by atoms with Crippen molar-refractivity contribution in [2.75, 3.05) is 38.8 Å². The van der Waals surface area contributed by atoms with E-state index in [4.69, 9.17) is 0 Å². The minimum Gasteiger partial charge on any atom is -0.298 e. The number of hydrogen-bond acceptors (Lipinski definition) is 3. The lowest BCUT2D eigenvalue weighted by molar-refractivity contribution is -0.00323. The molecule has 2 rings (SSSR count). The summed E-state index contributed by atoms with van der Waals surface area (Å²) in [5, 5.41) is 0. The van der Waals surface area contributed by atoms with Gasteiger partial charge in [0.1, 0.15) is 0 Å². The summed E-state index contributed by atoms with van der Waals surface area (Å²) in [5.74, 6) is 1.22. The molecule has 2 saturated heterocycles. The van der Waals surface area contributed by atoms with E-state index in [0.29, 0.717) is 5.54 Å². The standard InChI is InChI=1S/C9H18N2S/c1-10-5-3-4-9(10)6-11(7-9)8-12-2/h3-8H2,1-2H3. The van der Waals surface area contributed by atoms with Gasteiger partial charge in [-0.15, -0.1) is 11.8 Å². The number of thioether (sulfide) groups is 1. The second-order valence-corrected chi connectivity index (χ2v) is 4.99. The predicted molar refractivity (Wildman–Crippen MR) is 54.6 cm³/mol. The van der Waals surface area contributed by atoms with Gasteiger partial charge < -0.3 is 0 Å². The van der Waals surface area contributed by atoms with E-state index >= 15 is 0 Å². The van der Waals surface area contributed by atoms with Crippen LogP contribution in [0.5, 0.6) is 0 Å².